The maximum atomic E-state index is 12.6. The molecule has 0 unspecified atom stereocenters. The molecule has 5 nitrogen and oxygen atoms in total. The summed E-state index contributed by atoms with van der Waals surface area (Å²) in [6, 6.07) is 5.41. The van der Waals surface area contributed by atoms with Gasteiger partial charge in [0.05, 0.1) is 4.90 Å². The molecule has 1 aliphatic rings. The Balaban J connectivity index is 2.22. The van der Waals surface area contributed by atoms with Gasteiger partial charge < -0.3 is 5.32 Å². The van der Waals surface area contributed by atoms with Crippen LogP contribution in [0.3, 0.4) is 0 Å². The predicted molar refractivity (Wildman–Crippen MR) is 78.3 cm³/mol. The summed E-state index contributed by atoms with van der Waals surface area (Å²) >= 11 is 0. The zero-order valence-corrected chi connectivity index (χ0v) is 12.8. The Hall–Kier alpha value is -1.54. The molecule has 0 aliphatic carbocycles. The Morgan fingerprint density at radius 1 is 1.14 bits per heavy atom. The number of benzene rings is 1. The van der Waals surface area contributed by atoms with E-state index < -0.39 is 22.4 Å². The number of amides is 1. The van der Waals surface area contributed by atoms with Crippen molar-refractivity contribution in [2.75, 3.05) is 18.4 Å². The largest absolute Gasteiger partial charge is 0.321 e. The number of nitrogens with one attached hydrogen (secondary N) is 1. The van der Waals surface area contributed by atoms with Gasteiger partial charge in [0.1, 0.15) is 0 Å². The zero-order valence-electron chi connectivity index (χ0n) is 12.0. The van der Waals surface area contributed by atoms with E-state index >= 15 is 0 Å². The number of halogens is 2. The predicted octanol–water partition coefficient (Wildman–Crippen LogP) is 2.45. The summed E-state index contributed by atoms with van der Waals surface area (Å²) in [4.78, 5) is 11.0. The molecule has 1 amide bonds. The highest BCUT2D eigenvalue weighted by Crippen LogP contribution is 2.22. The molecular weight excluding hydrogens is 314 g/mol. The summed E-state index contributed by atoms with van der Waals surface area (Å²) in [5, 5.41) is 2.00. The first kappa shape index (κ1) is 16.8. The molecule has 0 atom stereocenters. The Labute approximate surface area is 128 Å². The third kappa shape index (κ3) is 4.01. The van der Waals surface area contributed by atoms with Crippen LogP contribution in [0.25, 0.3) is 0 Å². The van der Waals surface area contributed by atoms with Gasteiger partial charge in [-0.05, 0) is 31.0 Å². The van der Waals surface area contributed by atoms with Gasteiger partial charge in [-0.25, -0.2) is 8.42 Å². The fraction of sp³-hybridized carbons (Fsp3) is 0.500. The van der Waals surface area contributed by atoms with Crippen molar-refractivity contribution in [2.45, 2.75) is 37.0 Å². The van der Waals surface area contributed by atoms with E-state index in [1.807, 2.05) is 5.32 Å². The van der Waals surface area contributed by atoms with Crippen LogP contribution in [0.15, 0.2) is 29.2 Å². The Morgan fingerprint density at radius 3 is 2.36 bits per heavy atom. The van der Waals surface area contributed by atoms with Gasteiger partial charge in [-0.15, -0.1) is 0 Å². The average Bonchev–Trinajstić information content (AvgIpc) is 2.77. The van der Waals surface area contributed by atoms with Gasteiger partial charge in [0.2, 0.25) is 10.0 Å². The molecular formula is C14H18F2N2O3S. The maximum Gasteiger partial charge on any atom is 0.315 e. The minimum atomic E-state index is -3.67. The molecule has 2 rings (SSSR count). The van der Waals surface area contributed by atoms with E-state index in [0.29, 0.717) is 13.1 Å². The van der Waals surface area contributed by atoms with E-state index in [4.69, 9.17) is 0 Å². The second kappa shape index (κ2) is 7.15. The van der Waals surface area contributed by atoms with Gasteiger partial charge in [-0.1, -0.05) is 18.9 Å². The molecule has 8 heteroatoms. The minimum absolute atomic E-state index is 0.00136. The number of nitrogens with zero attached hydrogens (tertiary/aromatic N) is 1. The van der Waals surface area contributed by atoms with Crippen molar-refractivity contribution in [3.63, 3.8) is 0 Å². The van der Waals surface area contributed by atoms with E-state index in [1.54, 1.807) is 0 Å². The maximum absolute atomic E-state index is 12.6. The Kier molecular flexibility index (Phi) is 5.47. The highest BCUT2D eigenvalue weighted by Gasteiger charge is 2.25. The standard InChI is InChI=1S/C14H18F2N2O3S/c15-13(16)14(19)17-11-6-5-7-12(10-11)22(20,21)18-8-3-1-2-4-9-18/h5-7,10,13H,1-4,8-9H2,(H,17,19). The van der Waals surface area contributed by atoms with Crippen molar-refractivity contribution in [3.05, 3.63) is 24.3 Å². The fourth-order valence-corrected chi connectivity index (χ4v) is 3.93. The van der Waals surface area contributed by atoms with Crippen molar-refractivity contribution in [1.29, 1.82) is 0 Å². The first-order chi connectivity index (χ1) is 10.4. The lowest BCUT2D eigenvalue weighted by Crippen LogP contribution is -2.32. The lowest BCUT2D eigenvalue weighted by atomic mass is 10.2. The van der Waals surface area contributed by atoms with Crippen LogP contribution < -0.4 is 5.32 Å². The van der Waals surface area contributed by atoms with Gasteiger partial charge in [0.15, 0.2) is 0 Å². The molecule has 1 heterocycles. The summed E-state index contributed by atoms with van der Waals surface area (Å²) in [5.74, 6) is -1.45. The van der Waals surface area contributed by atoms with Crippen molar-refractivity contribution in [1.82, 2.24) is 4.31 Å². The Bertz CT molecular complexity index is 627. The van der Waals surface area contributed by atoms with Gasteiger partial charge >= 0.3 is 6.43 Å². The average molecular weight is 332 g/mol. The van der Waals surface area contributed by atoms with E-state index in [-0.39, 0.29) is 10.6 Å². The van der Waals surface area contributed by atoms with E-state index in [2.05, 4.69) is 0 Å². The number of alkyl halides is 2. The SMILES string of the molecule is O=C(Nc1cccc(S(=O)(=O)N2CCCCCC2)c1)C(F)F. The van der Waals surface area contributed by atoms with E-state index in [0.717, 1.165) is 25.7 Å². The zero-order chi connectivity index (χ0) is 16.2. The summed E-state index contributed by atoms with van der Waals surface area (Å²) in [6.07, 6.45) is 0.459. The van der Waals surface area contributed by atoms with Crippen LogP contribution in [0, 0.1) is 0 Å². The summed E-state index contributed by atoms with van der Waals surface area (Å²) < 4.78 is 51.1. The fourth-order valence-electron chi connectivity index (χ4n) is 2.36. The lowest BCUT2D eigenvalue weighted by molar-refractivity contribution is -0.126. The van der Waals surface area contributed by atoms with Gasteiger partial charge in [-0.3, -0.25) is 4.79 Å². The number of carbonyl (C=O) groups is 1. The van der Waals surface area contributed by atoms with Crippen LogP contribution in [0.4, 0.5) is 14.5 Å². The minimum Gasteiger partial charge on any atom is -0.321 e. The number of rotatable bonds is 4. The number of carbonyl (C=O) groups excluding carboxylic acids is 1. The number of hydrogen-bond donors (Lipinski definition) is 1. The number of sulfonamides is 1. The van der Waals surface area contributed by atoms with Gasteiger partial charge in [-0.2, -0.15) is 13.1 Å². The smallest absolute Gasteiger partial charge is 0.315 e. The second-order valence-electron chi connectivity index (χ2n) is 5.14. The normalized spacial score (nSPS) is 17.2. The molecule has 0 spiro atoms. The Morgan fingerprint density at radius 2 is 1.77 bits per heavy atom. The molecule has 1 fully saturated rings. The van der Waals surface area contributed by atoms with E-state index in [1.165, 1.54) is 28.6 Å². The molecule has 122 valence electrons. The first-order valence-corrected chi connectivity index (χ1v) is 8.54. The third-order valence-corrected chi connectivity index (χ3v) is 5.40. The molecule has 1 saturated heterocycles. The molecule has 1 aliphatic heterocycles. The van der Waals surface area contributed by atoms with Crippen molar-refractivity contribution < 1.29 is 22.0 Å². The van der Waals surface area contributed by atoms with Crippen molar-refractivity contribution >= 4 is 21.6 Å². The van der Waals surface area contributed by atoms with Crippen molar-refractivity contribution in [3.8, 4) is 0 Å². The van der Waals surface area contributed by atoms with Gasteiger partial charge in [0.25, 0.3) is 5.91 Å². The van der Waals surface area contributed by atoms with Crippen molar-refractivity contribution in [2.24, 2.45) is 0 Å². The molecule has 0 saturated carbocycles. The molecule has 1 aromatic rings. The molecule has 1 N–H and O–H groups in total. The van der Waals surface area contributed by atoms with Crippen LogP contribution >= 0.6 is 0 Å². The highest BCUT2D eigenvalue weighted by atomic mass is 32.2. The second-order valence-corrected chi connectivity index (χ2v) is 7.07. The number of hydrogen-bond acceptors (Lipinski definition) is 3. The molecule has 0 radical (unpaired) electrons. The quantitative estimate of drug-likeness (QED) is 0.921. The summed E-state index contributed by atoms with van der Waals surface area (Å²) in [5.41, 5.74) is 0.0428. The van der Waals surface area contributed by atoms with Crippen LogP contribution in [-0.2, 0) is 14.8 Å². The number of anilines is 1. The third-order valence-electron chi connectivity index (χ3n) is 3.50. The highest BCUT2D eigenvalue weighted by molar-refractivity contribution is 7.89. The monoisotopic (exact) mass is 332 g/mol. The van der Waals surface area contributed by atoms with Crippen LogP contribution in [0.1, 0.15) is 25.7 Å². The van der Waals surface area contributed by atoms with Crippen LogP contribution in [-0.4, -0.2) is 38.1 Å². The van der Waals surface area contributed by atoms with Crippen LogP contribution in [0.2, 0.25) is 0 Å². The topological polar surface area (TPSA) is 66.5 Å². The first-order valence-electron chi connectivity index (χ1n) is 7.10. The molecule has 22 heavy (non-hydrogen) atoms. The summed E-state index contributed by atoms with van der Waals surface area (Å²) in [6.45, 7) is 0.909. The van der Waals surface area contributed by atoms with Gasteiger partial charge in [0, 0.05) is 18.8 Å². The van der Waals surface area contributed by atoms with E-state index in [9.17, 15) is 22.0 Å². The lowest BCUT2D eigenvalue weighted by Gasteiger charge is -2.20. The molecule has 1 aromatic carbocycles. The molecule has 0 bridgehead atoms. The summed E-state index contributed by atoms with van der Waals surface area (Å²) in [7, 11) is -3.67. The van der Waals surface area contributed by atoms with Crippen LogP contribution in [0.5, 0.6) is 0 Å². The molecule has 0 aromatic heterocycles.